The van der Waals surface area contributed by atoms with Gasteiger partial charge in [-0.1, -0.05) is 5.16 Å². The second-order valence-electron chi connectivity index (χ2n) is 7.59. The molecule has 0 radical (unpaired) electrons. The second kappa shape index (κ2) is 6.92. The number of hydrogen-bond donors (Lipinski definition) is 0. The van der Waals surface area contributed by atoms with Crippen LogP contribution in [0.1, 0.15) is 29.1 Å². The van der Waals surface area contributed by atoms with E-state index < -0.39 is 5.82 Å². The first kappa shape index (κ1) is 17.9. The fourth-order valence-electron chi connectivity index (χ4n) is 4.03. The number of halogens is 1. The molecule has 1 amide bonds. The molecule has 0 saturated carbocycles. The highest BCUT2D eigenvalue weighted by molar-refractivity contribution is 5.93. The van der Waals surface area contributed by atoms with E-state index in [1.807, 2.05) is 0 Å². The molecule has 2 fully saturated rings. The van der Waals surface area contributed by atoms with Gasteiger partial charge in [0.2, 0.25) is 5.88 Å². The van der Waals surface area contributed by atoms with Crippen LogP contribution in [0.25, 0.3) is 0 Å². The van der Waals surface area contributed by atoms with Crippen molar-refractivity contribution < 1.29 is 18.4 Å². The summed E-state index contributed by atoms with van der Waals surface area (Å²) in [5.74, 6) is 0.442. The van der Waals surface area contributed by atoms with Gasteiger partial charge < -0.3 is 14.2 Å². The summed E-state index contributed by atoms with van der Waals surface area (Å²) in [5.41, 5.74) is 0.301. The molecular formula is C19H23FN4O3. The summed E-state index contributed by atoms with van der Waals surface area (Å²) in [6.45, 7) is 4.43. The normalized spacial score (nSPS) is 21.9. The van der Waals surface area contributed by atoms with E-state index >= 15 is 0 Å². The summed E-state index contributed by atoms with van der Waals surface area (Å²) in [6.07, 6.45) is 3.40. The average molecular weight is 374 g/mol. The van der Waals surface area contributed by atoms with Crippen LogP contribution in [0.4, 0.5) is 4.39 Å². The quantitative estimate of drug-likeness (QED) is 0.817. The molecule has 0 N–H and O–H groups in total. The fraction of sp³-hybridized carbons (Fsp3) is 0.526. The van der Waals surface area contributed by atoms with Gasteiger partial charge in [0.1, 0.15) is 5.76 Å². The van der Waals surface area contributed by atoms with Gasteiger partial charge in [-0.25, -0.2) is 9.37 Å². The van der Waals surface area contributed by atoms with Gasteiger partial charge in [0, 0.05) is 25.4 Å². The first-order valence-electron chi connectivity index (χ1n) is 9.14. The van der Waals surface area contributed by atoms with Crippen molar-refractivity contribution in [3.63, 3.8) is 0 Å². The van der Waals surface area contributed by atoms with Crippen LogP contribution in [0.3, 0.4) is 0 Å². The van der Waals surface area contributed by atoms with E-state index in [1.165, 1.54) is 12.3 Å². The Morgan fingerprint density at radius 2 is 2.30 bits per heavy atom. The summed E-state index contributed by atoms with van der Waals surface area (Å²) in [6, 6.07) is 4.55. The molecule has 1 spiro atoms. The third-order valence-electron chi connectivity index (χ3n) is 5.64. The van der Waals surface area contributed by atoms with Crippen molar-refractivity contribution in [3.05, 3.63) is 41.7 Å². The van der Waals surface area contributed by atoms with E-state index in [4.69, 9.17) is 9.26 Å². The molecule has 8 heteroatoms. The Kier molecular flexibility index (Phi) is 4.59. The van der Waals surface area contributed by atoms with Crippen LogP contribution in [-0.4, -0.2) is 64.7 Å². The lowest BCUT2D eigenvalue weighted by Gasteiger charge is -2.58. The Morgan fingerprint density at radius 3 is 3.00 bits per heavy atom. The number of carbonyl (C=O) groups excluding carboxylic acids is 1. The van der Waals surface area contributed by atoms with E-state index in [1.54, 1.807) is 24.0 Å². The predicted octanol–water partition coefficient (Wildman–Crippen LogP) is 2.13. The number of nitrogens with zero attached hydrogens (tertiary/aromatic N) is 4. The lowest BCUT2D eigenvalue weighted by molar-refractivity contribution is -0.0699. The molecule has 0 aliphatic carbocycles. The molecule has 7 nitrogen and oxygen atoms in total. The van der Waals surface area contributed by atoms with Crippen molar-refractivity contribution in [2.24, 2.45) is 5.92 Å². The number of likely N-dealkylation sites (tertiary alicyclic amines) is 2. The number of aromatic nitrogens is 2. The van der Waals surface area contributed by atoms with E-state index in [-0.39, 0.29) is 17.3 Å². The molecule has 2 aliphatic heterocycles. The topological polar surface area (TPSA) is 71.7 Å². The van der Waals surface area contributed by atoms with E-state index in [2.05, 4.69) is 22.1 Å². The molecule has 1 atom stereocenters. The zero-order valence-electron chi connectivity index (χ0n) is 15.5. The minimum atomic E-state index is -0.441. The monoisotopic (exact) mass is 374 g/mol. The van der Waals surface area contributed by atoms with Gasteiger partial charge in [-0.05, 0) is 51.4 Å². The Bertz CT molecular complexity index is 834. The zero-order valence-corrected chi connectivity index (χ0v) is 15.5. The molecule has 0 aromatic carbocycles. The molecule has 2 aromatic rings. The maximum Gasteiger partial charge on any atom is 0.276 e. The molecule has 1 unspecified atom stereocenters. The van der Waals surface area contributed by atoms with E-state index in [0.29, 0.717) is 37.1 Å². The summed E-state index contributed by atoms with van der Waals surface area (Å²) < 4.78 is 24.3. The molecule has 0 bridgehead atoms. The first-order valence-corrected chi connectivity index (χ1v) is 9.14. The van der Waals surface area contributed by atoms with Gasteiger partial charge in [0.05, 0.1) is 12.1 Å². The molecule has 4 rings (SSSR count). The molecule has 4 heterocycles. The van der Waals surface area contributed by atoms with Crippen molar-refractivity contribution in [1.29, 1.82) is 0 Å². The number of ether oxygens (including phenoxy) is 1. The van der Waals surface area contributed by atoms with Gasteiger partial charge in [0.15, 0.2) is 11.5 Å². The van der Waals surface area contributed by atoms with Crippen LogP contribution in [0, 0.1) is 18.7 Å². The lowest BCUT2D eigenvalue weighted by Crippen LogP contribution is -2.72. The predicted molar refractivity (Wildman–Crippen MR) is 94.9 cm³/mol. The van der Waals surface area contributed by atoms with Gasteiger partial charge >= 0.3 is 0 Å². The van der Waals surface area contributed by atoms with Gasteiger partial charge in [-0.15, -0.1) is 0 Å². The van der Waals surface area contributed by atoms with Gasteiger partial charge in [-0.2, -0.15) is 0 Å². The van der Waals surface area contributed by atoms with Crippen molar-refractivity contribution in [1.82, 2.24) is 19.9 Å². The molecule has 2 aliphatic rings. The maximum absolute atomic E-state index is 13.7. The van der Waals surface area contributed by atoms with Crippen molar-refractivity contribution in [2.75, 3.05) is 33.3 Å². The third-order valence-corrected chi connectivity index (χ3v) is 5.64. The summed E-state index contributed by atoms with van der Waals surface area (Å²) in [4.78, 5) is 20.6. The summed E-state index contributed by atoms with van der Waals surface area (Å²) >= 11 is 0. The fourth-order valence-corrected chi connectivity index (χ4v) is 4.03. The van der Waals surface area contributed by atoms with Crippen molar-refractivity contribution in [2.45, 2.75) is 25.3 Å². The van der Waals surface area contributed by atoms with Crippen LogP contribution in [0.2, 0.25) is 0 Å². The largest absolute Gasteiger partial charge is 0.475 e. The number of amides is 1. The number of hydrogen-bond acceptors (Lipinski definition) is 6. The Hall–Kier alpha value is -2.48. The first-order chi connectivity index (χ1) is 13.0. The van der Waals surface area contributed by atoms with Crippen molar-refractivity contribution in [3.8, 4) is 5.88 Å². The maximum atomic E-state index is 13.7. The SMILES string of the molecule is Cc1cc(C(=O)N2CC3(CC(COc4ncccc4F)CCN3C)C2)no1. The summed E-state index contributed by atoms with van der Waals surface area (Å²) in [7, 11) is 2.09. The van der Waals surface area contributed by atoms with Gasteiger partial charge in [-0.3, -0.25) is 9.69 Å². The Morgan fingerprint density at radius 1 is 1.48 bits per heavy atom. The number of carbonyl (C=O) groups is 1. The van der Waals surface area contributed by atoms with E-state index in [0.717, 1.165) is 19.4 Å². The number of likely N-dealkylation sites (N-methyl/N-ethyl adjacent to an activating group) is 1. The third kappa shape index (κ3) is 3.41. The molecule has 2 aromatic heterocycles. The molecule has 144 valence electrons. The van der Waals surface area contributed by atoms with Crippen LogP contribution < -0.4 is 4.74 Å². The summed E-state index contributed by atoms with van der Waals surface area (Å²) in [5, 5.41) is 3.82. The average Bonchev–Trinajstić information content (AvgIpc) is 3.06. The minimum Gasteiger partial charge on any atom is -0.475 e. The number of pyridine rings is 1. The van der Waals surface area contributed by atoms with Crippen LogP contribution >= 0.6 is 0 Å². The Balaban J connectivity index is 1.36. The number of aryl methyl sites for hydroxylation is 1. The number of piperidine rings is 1. The van der Waals surface area contributed by atoms with Crippen LogP contribution in [-0.2, 0) is 0 Å². The molecular weight excluding hydrogens is 351 g/mol. The zero-order chi connectivity index (χ0) is 19.0. The standard InChI is InChI=1S/C19H23FN4O3/c1-13-8-16(22-27-13)18(25)24-11-19(12-24)9-14(5-7-23(19)2)10-26-17-15(20)4-3-6-21-17/h3-4,6,8,14H,5,7,9-12H2,1-2H3. The van der Waals surface area contributed by atoms with E-state index in [9.17, 15) is 9.18 Å². The highest BCUT2D eigenvalue weighted by Crippen LogP contribution is 2.39. The van der Waals surface area contributed by atoms with Crippen LogP contribution in [0.15, 0.2) is 28.9 Å². The smallest absolute Gasteiger partial charge is 0.276 e. The van der Waals surface area contributed by atoms with Crippen LogP contribution in [0.5, 0.6) is 5.88 Å². The Labute approximate surface area is 157 Å². The molecule has 27 heavy (non-hydrogen) atoms. The number of rotatable bonds is 4. The van der Waals surface area contributed by atoms with Gasteiger partial charge in [0.25, 0.3) is 5.91 Å². The lowest BCUT2D eigenvalue weighted by atomic mass is 9.75. The second-order valence-corrected chi connectivity index (χ2v) is 7.59. The highest BCUT2D eigenvalue weighted by atomic mass is 19.1. The highest BCUT2D eigenvalue weighted by Gasteiger charge is 2.51. The molecule has 2 saturated heterocycles. The van der Waals surface area contributed by atoms with Crippen molar-refractivity contribution >= 4 is 5.91 Å². The minimum absolute atomic E-state index is 0.0522.